The van der Waals surface area contributed by atoms with Crippen LogP contribution in [0.5, 0.6) is 5.75 Å². The van der Waals surface area contributed by atoms with Gasteiger partial charge in [-0.05, 0) is 19.1 Å². The number of nitrogens with two attached hydrogens (primary N) is 1. The van der Waals surface area contributed by atoms with Gasteiger partial charge in [0.05, 0.1) is 19.8 Å². The molecule has 0 aromatic carbocycles. The lowest BCUT2D eigenvalue weighted by molar-refractivity contribution is 0.0644. The molecule has 17 heavy (non-hydrogen) atoms. The summed E-state index contributed by atoms with van der Waals surface area (Å²) in [4.78, 5) is 4.12. The first-order valence-electron chi connectivity index (χ1n) is 5.66. The van der Waals surface area contributed by atoms with E-state index in [-0.39, 0.29) is 0 Å². The average molecular weight is 240 g/mol. The second-order valence-electron chi connectivity index (χ2n) is 3.64. The second kappa shape index (κ2) is 7.86. The van der Waals surface area contributed by atoms with Crippen molar-refractivity contribution in [1.29, 1.82) is 0 Å². The van der Waals surface area contributed by atoms with Crippen LogP contribution in [0.15, 0.2) is 12.1 Å². The molecular formula is C12H20N2O3. The van der Waals surface area contributed by atoms with Crippen molar-refractivity contribution in [2.24, 2.45) is 0 Å². The highest BCUT2D eigenvalue weighted by molar-refractivity contribution is 5.46. The van der Waals surface area contributed by atoms with Crippen LogP contribution in [-0.2, 0) is 9.47 Å². The van der Waals surface area contributed by atoms with Crippen LogP contribution in [-0.4, -0.2) is 38.5 Å². The minimum Gasteiger partial charge on any atom is -0.490 e. The van der Waals surface area contributed by atoms with E-state index in [1.807, 2.05) is 19.1 Å². The number of aromatic nitrogens is 1. The van der Waals surface area contributed by atoms with E-state index < -0.39 is 0 Å². The van der Waals surface area contributed by atoms with E-state index in [0.29, 0.717) is 38.0 Å². The van der Waals surface area contributed by atoms with Crippen LogP contribution in [0.3, 0.4) is 0 Å². The number of nitrogen functional groups attached to an aromatic ring is 1. The van der Waals surface area contributed by atoms with Gasteiger partial charge in [-0.25, -0.2) is 4.98 Å². The van der Waals surface area contributed by atoms with Gasteiger partial charge in [-0.15, -0.1) is 0 Å². The Bertz CT molecular complexity index is 332. The summed E-state index contributed by atoms with van der Waals surface area (Å²) in [6, 6.07) is 3.71. The highest BCUT2D eigenvalue weighted by Crippen LogP contribution is 2.18. The predicted molar refractivity (Wildman–Crippen MR) is 66.2 cm³/mol. The lowest BCUT2D eigenvalue weighted by atomic mass is 10.3. The van der Waals surface area contributed by atoms with Gasteiger partial charge in [-0.2, -0.15) is 0 Å². The van der Waals surface area contributed by atoms with E-state index in [9.17, 15) is 0 Å². The fourth-order valence-electron chi connectivity index (χ4n) is 1.27. The molecule has 0 spiro atoms. The van der Waals surface area contributed by atoms with Crippen LogP contribution >= 0.6 is 0 Å². The van der Waals surface area contributed by atoms with Gasteiger partial charge in [0.15, 0.2) is 11.6 Å². The molecule has 0 radical (unpaired) electrons. The summed E-state index contributed by atoms with van der Waals surface area (Å²) in [5.41, 5.74) is 6.60. The van der Waals surface area contributed by atoms with Crippen LogP contribution in [0.25, 0.3) is 0 Å². The predicted octanol–water partition coefficient (Wildman–Crippen LogP) is 1.40. The number of pyridine rings is 1. The molecule has 0 fully saturated rings. The number of anilines is 1. The summed E-state index contributed by atoms with van der Waals surface area (Å²) in [6.45, 7) is 4.36. The Labute approximate surface area is 102 Å². The maximum absolute atomic E-state index is 5.72. The zero-order valence-corrected chi connectivity index (χ0v) is 10.4. The molecule has 0 saturated carbocycles. The molecule has 1 aromatic heterocycles. The number of hydrogen-bond donors (Lipinski definition) is 1. The van der Waals surface area contributed by atoms with Gasteiger partial charge in [0, 0.05) is 25.8 Å². The van der Waals surface area contributed by atoms with E-state index in [0.717, 1.165) is 12.1 Å². The monoisotopic (exact) mass is 240 g/mol. The molecule has 1 heterocycles. The number of nitrogens with zero attached hydrogens (tertiary/aromatic N) is 1. The molecule has 0 amide bonds. The molecule has 0 aliphatic carbocycles. The third-order valence-electron chi connectivity index (χ3n) is 2.15. The number of aryl methyl sites for hydroxylation is 1. The van der Waals surface area contributed by atoms with Gasteiger partial charge in [-0.1, -0.05) is 0 Å². The molecule has 5 heteroatoms. The van der Waals surface area contributed by atoms with Crippen molar-refractivity contribution in [3.05, 3.63) is 17.8 Å². The zero-order valence-electron chi connectivity index (χ0n) is 10.4. The molecule has 2 N–H and O–H groups in total. The lowest BCUT2D eigenvalue weighted by Gasteiger charge is -2.08. The van der Waals surface area contributed by atoms with Gasteiger partial charge >= 0.3 is 0 Å². The maximum atomic E-state index is 5.72. The fourth-order valence-corrected chi connectivity index (χ4v) is 1.27. The van der Waals surface area contributed by atoms with Crippen molar-refractivity contribution in [1.82, 2.24) is 4.98 Å². The number of hydrogen-bond acceptors (Lipinski definition) is 5. The van der Waals surface area contributed by atoms with Crippen molar-refractivity contribution in [2.45, 2.75) is 13.3 Å². The Morgan fingerprint density at radius 1 is 1.18 bits per heavy atom. The van der Waals surface area contributed by atoms with Crippen molar-refractivity contribution in [2.75, 3.05) is 39.3 Å². The molecular weight excluding hydrogens is 220 g/mol. The Balaban J connectivity index is 2.14. The molecule has 0 bridgehead atoms. The van der Waals surface area contributed by atoms with Crippen molar-refractivity contribution < 1.29 is 14.2 Å². The number of methoxy groups -OCH3 is 1. The minimum absolute atomic E-state index is 0.435. The largest absolute Gasteiger partial charge is 0.490 e. The fraction of sp³-hybridized carbons (Fsp3) is 0.583. The molecule has 1 aromatic rings. The minimum atomic E-state index is 0.435. The Hall–Kier alpha value is -1.33. The highest BCUT2D eigenvalue weighted by Gasteiger charge is 2.01. The van der Waals surface area contributed by atoms with Crippen LogP contribution in [0.4, 0.5) is 5.82 Å². The standard InChI is InChI=1S/C12H20N2O3/c1-10-4-5-11(12(13)14-10)17-7-3-6-16-9-8-15-2/h4-5H,3,6-9H2,1-2H3,(H2,13,14). The first kappa shape index (κ1) is 13.7. The smallest absolute Gasteiger partial charge is 0.166 e. The summed E-state index contributed by atoms with van der Waals surface area (Å²) in [6.07, 6.45) is 0.816. The summed E-state index contributed by atoms with van der Waals surface area (Å²) in [5, 5.41) is 0. The first-order valence-corrected chi connectivity index (χ1v) is 5.66. The van der Waals surface area contributed by atoms with Crippen molar-refractivity contribution in [3.8, 4) is 5.75 Å². The quantitative estimate of drug-likeness (QED) is 0.696. The summed E-state index contributed by atoms with van der Waals surface area (Å²) >= 11 is 0. The van der Waals surface area contributed by atoms with Crippen LogP contribution < -0.4 is 10.5 Å². The number of ether oxygens (including phenoxy) is 3. The van der Waals surface area contributed by atoms with Gasteiger partial charge < -0.3 is 19.9 Å². The Morgan fingerprint density at radius 2 is 2.00 bits per heavy atom. The third-order valence-corrected chi connectivity index (χ3v) is 2.15. The van der Waals surface area contributed by atoms with E-state index in [1.54, 1.807) is 7.11 Å². The van der Waals surface area contributed by atoms with Gasteiger partial charge in [0.1, 0.15) is 0 Å². The van der Waals surface area contributed by atoms with E-state index >= 15 is 0 Å². The van der Waals surface area contributed by atoms with Crippen LogP contribution in [0.2, 0.25) is 0 Å². The molecule has 0 atom stereocenters. The average Bonchev–Trinajstić information content (AvgIpc) is 2.30. The zero-order chi connectivity index (χ0) is 12.5. The maximum Gasteiger partial charge on any atom is 0.166 e. The van der Waals surface area contributed by atoms with Crippen molar-refractivity contribution in [3.63, 3.8) is 0 Å². The molecule has 0 unspecified atom stereocenters. The Morgan fingerprint density at radius 3 is 2.71 bits per heavy atom. The van der Waals surface area contributed by atoms with Gasteiger partial charge in [0.25, 0.3) is 0 Å². The topological polar surface area (TPSA) is 66.6 Å². The lowest BCUT2D eigenvalue weighted by Crippen LogP contribution is -2.08. The third kappa shape index (κ3) is 5.51. The van der Waals surface area contributed by atoms with Crippen LogP contribution in [0, 0.1) is 6.92 Å². The summed E-state index contributed by atoms with van der Waals surface area (Å²) < 4.78 is 15.7. The first-order chi connectivity index (χ1) is 8.24. The Kier molecular flexibility index (Phi) is 6.35. The SMILES string of the molecule is COCCOCCCOc1ccc(C)nc1N. The van der Waals surface area contributed by atoms with Crippen LogP contribution in [0.1, 0.15) is 12.1 Å². The van der Waals surface area contributed by atoms with E-state index in [4.69, 9.17) is 19.9 Å². The van der Waals surface area contributed by atoms with E-state index in [2.05, 4.69) is 4.98 Å². The van der Waals surface area contributed by atoms with Gasteiger partial charge in [-0.3, -0.25) is 0 Å². The summed E-state index contributed by atoms with van der Waals surface area (Å²) in [7, 11) is 1.65. The summed E-state index contributed by atoms with van der Waals surface area (Å²) in [5.74, 6) is 1.07. The molecule has 0 aliphatic heterocycles. The molecule has 96 valence electrons. The molecule has 0 saturated heterocycles. The number of rotatable bonds is 8. The second-order valence-corrected chi connectivity index (χ2v) is 3.64. The molecule has 1 rings (SSSR count). The van der Waals surface area contributed by atoms with Gasteiger partial charge in [0.2, 0.25) is 0 Å². The normalized spacial score (nSPS) is 10.5. The highest BCUT2D eigenvalue weighted by atomic mass is 16.5. The molecule has 5 nitrogen and oxygen atoms in total. The van der Waals surface area contributed by atoms with E-state index in [1.165, 1.54) is 0 Å². The molecule has 0 aliphatic rings. The van der Waals surface area contributed by atoms with Crippen molar-refractivity contribution >= 4 is 5.82 Å².